The van der Waals surface area contributed by atoms with Crippen LogP contribution in [0.15, 0.2) is 30.3 Å². The fourth-order valence-electron chi connectivity index (χ4n) is 4.14. The molecule has 0 radical (unpaired) electrons. The van der Waals surface area contributed by atoms with Crippen molar-refractivity contribution in [3.05, 3.63) is 35.9 Å². The zero-order chi connectivity index (χ0) is 21.5. The number of aliphatic hydroxyl groups excluding tert-OH is 1. The van der Waals surface area contributed by atoms with Gasteiger partial charge in [0.15, 0.2) is 5.96 Å². The van der Waals surface area contributed by atoms with E-state index < -0.39 is 12.3 Å². The molecule has 0 aliphatic carbocycles. The maximum Gasteiger partial charge on any atom is 0.240 e. The third kappa shape index (κ3) is 5.70. The molecule has 2 saturated heterocycles. The maximum absolute atomic E-state index is 12.8. The van der Waals surface area contributed by atoms with Crippen LogP contribution in [0.1, 0.15) is 31.2 Å². The van der Waals surface area contributed by atoms with Crippen molar-refractivity contribution in [2.45, 2.75) is 50.4 Å². The molecule has 0 spiro atoms. The van der Waals surface area contributed by atoms with Gasteiger partial charge in [-0.3, -0.25) is 15.0 Å². The number of amides is 2. The van der Waals surface area contributed by atoms with Crippen molar-refractivity contribution in [1.82, 2.24) is 20.4 Å². The number of guanidine groups is 1. The van der Waals surface area contributed by atoms with E-state index in [1.807, 2.05) is 18.2 Å². The van der Waals surface area contributed by atoms with E-state index in [1.165, 1.54) is 10.5 Å². The van der Waals surface area contributed by atoms with Gasteiger partial charge in [-0.15, -0.1) is 0 Å². The number of likely N-dealkylation sites (tertiary alicyclic amines) is 2. The Morgan fingerprint density at radius 3 is 2.67 bits per heavy atom. The Hall–Kier alpha value is -2.65. The van der Waals surface area contributed by atoms with E-state index in [9.17, 15) is 14.7 Å². The molecule has 30 heavy (non-hydrogen) atoms. The van der Waals surface area contributed by atoms with E-state index >= 15 is 0 Å². The predicted molar refractivity (Wildman–Crippen MR) is 114 cm³/mol. The molecular formula is C21H32N6O3. The Labute approximate surface area is 177 Å². The number of hydrogen-bond donors (Lipinski definition) is 5. The summed E-state index contributed by atoms with van der Waals surface area (Å²) in [6, 6.07) is 9.33. The van der Waals surface area contributed by atoms with Crippen molar-refractivity contribution < 1.29 is 14.7 Å². The van der Waals surface area contributed by atoms with Crippen molar-refractivity contribution in [2.24, 2.45) is 5.73 Å². The van der Waals surface area contributed by atoms with Gasteiger partial charge in [0.25, 0.3) is 0 Å². The summed E-state index contributed by atoms with van der Waals surface area (Å²) in [7, 11) is 0. The lowest BCUT2D eigenvalue weighted by molar-refractivity contribution is -0.140. The molecule has 2 aliphatic heterocycles. The molecule has 9 nitrogen and oxygen atoms in total. The van der Waals surface area contributed by atoms with Crippen LogP contribution < -0.4 is 16.4 Å². The van der Waals surface area contributed by atoms with Gasteiger partial charge < -0.3 is 31.3 Å². The van der Waals surface area contributed by atoms with E-state index in [0.717, 1.165) is 25.7 Å². The van der Waals surface area contributed by atoms with Crippen molar-refractivity contribution in [1.29, 1.82) is 5.41 Å². The Morgan fingerprint density at radius 2 is 1.93 bits per heavy atom. The Kier molecular flexibility index (Phi) is 7.64. The summed E-state index contributed by atoms with van der Waals surface area (Å²) in [5, 5.41) is 24.0. The lowest BCUT2D eigenvalue weighted by Crippen LogP contribution is -2.60. The summed E-state index contributed by atoms with van der Waals surface area (Å²) >= 11 is 0. The van der Waals surface area contributed by atoms with Crippen LogP contribution in [0, 0.1) is 5.41 Å². The highest BCUT2D eigenvalue weighted by Gasteiger charge is 2.33. The van der Waals surface area contributed by atoms with Gasteiger partial charge in [-0.1, -0.05) is 30.3 Å². The molecule has 2 fully saturated rings. The highest BCUT2D eigenvalue weighted by molar-refractivity contribution is 5.88. The van der Waals surface area contributed by atoms with Gasteiger partial charge in [-0.05, 0) is 44.2 Å². The zero-order valence-electron chi connectivity index (χ0n) is 17.2. The van der Waals surface area contributed by atoms with E-state index in [1.54, 1.807) is 4.90 Å². The standard InChI is InChI=1S/C21H32N6O3/c22-21(23)27-13-5-9-17(20(27)30)25-18(28)14-26-12-4-8-16(19(26)29)24-11-10-15-6-2-1-3-7-15/h1-3,6-7,16-17,20,24,30H,4-5,8-14H2,(H3,22,23)(H,25,28)/t16-,17-,20?/m1/s1. The van der Waals surface area contributed by atoms with Gasteiger partial charge in [0.1, 0.15) is 6.23 Å². The Bertz CT molecular complexity index is 744. The third-order valence-electron chi connectivity index (χ3n) is 5.76. The summed E-state index contributed by atoms with van der Waals surface area (Å²) in [4.78, 5) is 28.2. The number of rotatable bonds is 7. The monoisotopic (exact) mass is 416 g/mol. The van der Waals surface area contributed by atoms with Gasteiger partial charge in [0.2, 0.25) is 11.8 Å². The topological polar surface area (TPSA) is 135 Å². The van der Waals surface area contributed by atoms with Crippen LogP contribution in [-0.4, -0.2) is 77.2 Å². The summed E-state index contributed by atoms with van der Waals surface area (Å²) in [6.07, 6.45) is 2.75. The van der Waals surface area contributed by atoms with Crippen molar-refractivity contribution >= 4 is 17.8 Å². The van der Waals surface area contributed by atoms with E-state index in [0.29, 0.717) is 26.1 Å². The molecule has 1 aromatic rings. The molecule has 2 aliphatic rings. The number of carbonyl (C=O) groups is 2. The van der Waals surface area contributed by atoms with Gasteiger partial charge in [0.05, 0.1) is 18.6 Å². The van der Waals surface area contributed by atoms with Crippen LogP contribution in [0.4, 0.5) is 0 Å². The summed E-state index contributed by atoms with van der Waals surface area (Å²) in [6.45, 7) is 1.72. The second-order valence-corrected chi connectivity index (χ2v) is 7.95. The maximum atomic E-state index is 12.8. The molecule has 2 amide bonds. The van der Waals surface area contributed by atoms with E-state index in [4.69, 9.17) is 11.1 Å². The van der Waals surface area contributed by atoms with Crippen molar-refractivity contribution in [3.8, 4) is 0 Å². The number of hydrogen-bond acceptors (Lipinski definition) is 5. The molecule has 0 aromatic heterocycles. The first-order valence-corrected chi connectivity index (χ1v) is 10.6. The SMILES string of the molecule is N=C(N)N1CCC[C@@H](NC(=O)CN2CCC[C@@H](NCCc3ccccc3)C2=O)C1O. The minimum Gasteiger partial charge on any atom is -0.371 e. The Balaban J connectivity index is 1.46. The highest BCUT2D eigenvalue weighted by Crippen LogP contribution is 2.16. The number of nitrogens with one attached hydrogen (secondary N) is 3. The second kappa shape index (κ2) is 10.4. The van der Waals surface area contributed by atoms with E-state index in [-0.39, 0.29) is 30.4 Å². The predicted octanol–water partition coefficient (Wildman–Crippen LogP) is -0.398. The zero-order valence-corrected chi connectivity index (χ0v) is 17.2. The van der Waals surface area contributed by atoms with Gasteiger partial charge in [-0.2, -0.15) is 0 Å². The fraction of sp³-hybridized carbons (Fsp3) is 0.571. The van der Waals surface area contributed by atoms with Gasteiger partial charge in [-0.25, -0.2) is 0 Å². The molecule has 9 heteroatoms. The number of nitrogens with two attached hydrogens (primary N) is 1. The first kappa shape index (κ1) is 22.0. The number of carbonyl (C=O) groups excluding carboxylic acids is 2. The number of benzene rings is 1. The van der Waals surface area contributed by atoms with Gasteiger partial charge >= 0.3 is 0 Å². The number of nitrogens with zero attached hydrogens (tertiary/aromatic N) is 2. The van der Waals surface area contributed by atoms with Crippen LogP contribution in [0.5, 0.6) is 0 Å². The smallest absolute Gasteiger partial charge is 0.240 e. The van der Waals surface area contributed by atoms with Crippen LogP contribution >= 0.6 is 0 Å². The minimum absolute atomic E-state index is 0.0288. The Morgan fingerprint density at radius 1 is 1.20 bits per heavy atom. The first-order valence-electron chi connectivity index (χ1n) is 10.6. The van der Waals surface area contributed by atoms with Crippen LogP contribution in [-0.2, 0) is 16.0 Å². The molecule has 164 valence electrons. The lowest BCUT2D eigenvalue weighted by Gasteiger charge is -2.39. The molecular weight excluding hydrogens is 384 g/mol. The molecule has 0 bridgehead atoms. The molecule has 3 rings (SSSR count). The molecule has 1 unspecified atom stereocenters. The summed E-state index contributed by atoms with van der Waals surface area (Å²) in [5.74, 6) is -0.571. The van der Waals surface area contributed by atoms with Gasteiger partial charge in [0, 0.05) is 13.1 Å². The second-order valence-electron chi connectivity index (χ2n) is 7.95. The highest BCUT2D eigenvalue weighted by atomic mass is 16.3. The molecule has 6 N–H and O–H groups in total. The van der Waals surface area contributed by atoms with Crippen LogP contribution in [0.25, 0.3) is 0 Å². The first-order chi connectivity index (χ1) is 14.5. The fourth-order valence-corrected chi connectivity index (χ4v) is 4.14. The minimum atomic E-state index is -1.02. The van der Waals surface area contributed by atoms with Crippen LogP contribution in [0.3, 0.4) is 0 Å². The quantitative estimate of drug-likeness (QED) is 0.303. The average Bonchev–Trinajstić information content (AvgIpc) is 2.73. The molecule has 1 aromatic carbocycles. The number of piperidine rings is 2. The van der Waals surface area contributed by atoms with Crippen molar-refractivity contribution in [2.75, 3.05) is 26.2 Å². The largest absolute Gasteiger partial charge is 0.371 e. The normalized spacial score (nSPS) is 24.6. The third-order valence-corrected chi connectivity index (χ3v) is 5.76. The number of aliphatic hydroxyl groups is 1. The van der Waals surface area contributed by atoms with E-state index in [2.05, 4.69) is 22.8 Å². The molecule has 2 heterocycles. The lowest BCUT2D eigenvalue weighted by atomic mass is 10.0. The summed E-state index contributed by atoms with van der Waals surface area (Å²) < 4.78 is 0. The average molecular weight is 417 g/mol. The molecule has 0 saturated carbocycles. The van der Waals surface area contributed by atoms with Crippen LogP contribution in [0.2, 0.25) is 0 Å². The van der Waals surface area contributed by atoms with Crippen molar-refractivity contribution in [3.63, 3.8) is 0 Å². The summed E-state index contributed by atoms with van der Waals surface area (Å²) in [5.41, 5.74) is 6.70. The molecule has 3 atom stereocenters.